The number of ether oxygens (including phenoxy) is 5. The van der Waals surface area contributed by atoms with Crippen LogP contribution in [0.5, 0.6) is 23.0 Å². The molecular weight excluding hydrogens is 558 g/mol. The molecular formula is C35H33N3O6. The summed E-state index contributed by atoms with van der Waals surface area (Å²) >= 11 is 0. The Bertz CT molecular complexity index is 1710. The molecule has 224 valence electrons. The zero-order chi connectivity index (χ0) is 29.9. The minimum absolute atomic E-state index is 0.00520. The summed E-state index contributed by atoms with van der Waals surface area (Å²) < 4.78 is 28.9. The zero-order valence-corrected chi connectivity index (χ0v) is 24.7. The van der Waals surface area contributed by atoms with E-state index < -0.39 is 12.0 Å². The molecule has 0 amide bonds. The van der Waals surface area contributed by atoms with Crippen LogP contribution in [0.15, 0.2) is 54.6 Å². The third kappa shape index (κ3) is 4.32. The fourth-order valence-electron chi connectivity index (χ4n) is 7.71. The van der Waals surface area contributed by atoms with Gasteiger partial charge in [0.15, 0.2) is 23.0 Å². The van der Waals surface area contributed by atoms with E-state index in [2.05, 4.69) is 60.2 Å². The van der Waals surface area contributed by atoms with Gasteiger partial charge in [0.2, 0.25) is 13.6 Å². The summed E-state index contributed by atoms with van der Waals surface area (Å²) in [5, 5.41) is 10.7. The van der Waals surface area contributed by atoms with Crippen LogP contribution in [0.25, 0.3) is 6.08 Å². The van der Waals surface area contributed by atoms with Crippen molar-refractivity contribution in [2.45, 2.75) is 56.4 Å². The van der Waals surface area contributed by atoms with Gasteiger partial charge in [-0.2, -0.15) is 5.26 Å². The van der Waals surface area contributed by atoms with E-state index in [1.807, 2.05) is 18.2 Å². The lowest BCUT2D eigenvalue weighted by atomic mass is 9.73. The molecule has 5 atom stereocenters. The van der Waals surface area contributed by atoms with Gasteiger partial charge in [0, 0.05) is 18.2 Å². The third-order valence-electron chi connectivity index (χ3n) is 9.88. The molecule has 3 aromatic carbocycles. The SMILES string of the molecule is CCc1ccc(/C=C/C(=O)OC[C@H]2c3cc4c(cc3C[C@H]3[C@H]5c6cc7c(cc6C[C@@H]([C@H](C#N)N23)N5C)OCO7)OCO4)cc1. The fourth-order valence-corrected chi connectivity index (χ4v) is 7.71. The Morgan fingerprint density at radius 1 is 0.932 bits per heavy atom. The first-order chi connectivity index (χ1) is 21.5. The Morgan fingerprint density at radius 3 is 2.20 bits per heavy atom. The molecule has 0 spiro atoms. The molecule has 44 heavy (non-hydrogen) atoms. The number of esters is 1. The van der Waals surface area contributed by atoms with Crippen LogP contribution in [0.2, 0.25) is 0 Å². The highest BCUT2D eigenvalue weighted by molar-refractivity contribution is 5.87. The monoisotopic (exact) mass is 591 g/mol. The Hall–Kier alpha value is -4.52. The van der Waals surface area contributed by atoms with Crippen LogP contribution in [0.1, 0.15) is 52.4 Å². The number of nitrogens with zero attached hydrogens (tertiary/aromatic N) is 3. The summed E-state index contributed by atoms with van der Waals surface area (Å²) in [4.78, 5) is 17.7. The minimum atomic E-state index is -0.422. The van der Waals surface area contributed by atoms with E-state index in [1.165, 1.54) is 22.8 Å². The Balaban J connectivity index is 1.15. The molecule has 3 aromatic rings. The van der Waals surface area contributed by atoms with Gasteiger partial charge < -0.3 is 23.7 Å². The third-order valence-corrected chi connectivity index (χ3v) is 9.88. The first kappa shape index (κ1) is 27.1. The van der Waals surface area contributed by atoms with Gasteiger partial charge in [-0.15, -0.1) is 0 Å². The summed E-state index contributed by atoms with van der Waals surface area (Å²) in [6, 6.07) is 18.2. The maximum Gasteiger partial charge on any atom is 0.330 e. The lowest BCUT2D eigenvalue weighted by molar-refractivity contribution is -0.143. The molecule has 2 bridgehead atoms. The van der Waals surface area contributed by atoms with Crippen molar-refractivity contribution in [1.82, 2.24) is 9.80 Å². The molecule has 0 radical (unpaired) electrons. The number of fused-ring (bicyclic) bond motifs is 9. The van der Waals surface area contributed by atoms with Crippen molar-refractivity contribution in [3.8, 4) is 29.1 Å². The summed E-state index contributed by atoms with van der Waals surface area (Å²) in [5.74, 6) is 2.49. The number of likely N-dealkylation sites (N-methyl/N-ethyl adjacent to an activating group) is 1. The van der Waals surface area contributed by atoms with Crippen molar-refractivity contribution in [3.63, 3.8) is 0 Å². The van der Waals surface area contributed by atoms with Crippen LogP contribution >= 0.6 is 0 Å². The van der Waals surface area contributed by atoms with Crippen LogP contribution < -0.4 is 18.9 Å². The number of nitriles is 1. The molecule has 0 N–H and O–H groups in total. The standard InChI is InChI=1S/C35H33N3O6/c1-3-20-4-6-21(7-5-20)8-9-34(39)40-17-29-24-14-32-30(41-18-43-32)12-22(24)11-27-35-25-15-33-31(42-19-44-33)13-23(25)10-26(37(35)2)28(16-36)38(27)29/h4-9,12-15,26-29,35H,3,10-11,17-19H2,1-2H3/b9-8+/t26-,27-,28-,29-,35+/m0/s1. The molecule has 5 heterocycles. The van der Waals surface area contributed by atoms with E-state index >= 15 is 0 Å². The van der Waals surface area contributed by atoms with Crippen LogP contribution in [0.3, 0.4) is 0 Å². The highest BCUT2D eigenvalue weighted by Gasteiger charge is 2.55. The first-order valence-corrected chi connectivity index (χ1v) is 15.2. The van der Waals surface area contributed by atoms with Crippen molar-refractivity contribution in [2.75, 3.05) is 27.2 Å². The van der Waals surface area contributed by atoms with Crippen LogP contribution in [-0.4, -0.2) is 61.1 Å². The van der Waals surface area contributed by atoms with Crippen LogP contribution in [0, 0.1) is 11.3 Å². The smallest absolute Gasteiger partial charge is 0.330 e. The van der Waals surface area contributed by atoms with E-state index in [0.717, 1.165) is 40.4 Å². The van der Waals surface area contributed by atoms with E-state index in [-0.39, 0.29) is 44.4 Å². The van der Waals surface area contributed by atoms with Crippen molar-refractivity contribution in [1.29, 1.82) is 5.26 Å². The highest BCUT2D eigenvalue weighted by Crippen LogP contribution is 2.53. The van der Waals surface area contributed by atoms with Gasteiger partial charge in [0.1, 0.15) is 12.6 Å². The maximum absolute atomic E-state index is 13.0. The molecule has 1 saturated heterocycles. The molecule has 1 fully saturated rings. The molecule has 0 aromatic heterocycles. The maximum atomic E-state index is 13.0. The van der Waals surface area contributed by atoms with E-state index in [4.69, 9.17) is 23.7 Å². The predicted octanol–water partition coefficient (Wildman–Crippen LogP) is 4.73. The molecule has 9 heteroatoms. The Kier molecular flexibility index (Phi) is 6.51. The number of piperazine rings is 1. The van der Waals surface area contributed by atoms with Crippen LogP contribution in [-0.2, 0) is 28.8 Å². The second-order valence-corrected chi connectivity index (χ2v) is 12.1. The predicted molar refractivity (Wildman–Crippen MR) is 160 cm³/mol. The quantitative estimate of drug-likeness (QED) is 0.308. The largest absolute Gasteiger partial charge is 0.460 e. The van der Waals surface area contributed by atoms with Gasteiger partial charge in [-0.25, -0.2) is 4.79 Å². The molecule has 8 rings (SSSR count). The van der Waals surface area contributed by atoms with E-state index in [9.17, 15) is 10.1 Å². The highest BCUT2D eigenvalue weighted by atomic mass is 16.7. The number of aryl methyl sites for hydroxylation is 1. The topological polar surface area (TPSA) is 93.5 Å². The number of benzene rings is 3. The number of hydrogen-bond donors (Lipinski definition) is 0. The molecule has 0 saturated carbocycles. The minimum Gasteiger partial charge on any atom is -0.460 e. The van der Waals surface area contributed by atoms with Gasteiger partial charge in [-0.05, 0) is 90.0 Å². The van der Waals surface area contributed by atoms with Crippen LogP contribution in [0.4, 0.5) is 0 Å². The summed E-state index contributed by atoms with van der Waals surface area (Å²) in [5.41, 5.74) is 6.68. The average molecular weight is 592 g/mol. The number of carbonyl (C=O) groups is 1. The molecule has 9 nitrogen and oxygen atoms in total. The number of hydrogen-bond acceptors (Lipinski definition) is 9. The lowest BCUT2D eigenvalue weighted by Crippen LogP contribution is -2.68. The van der Waals surface area contributed by atoms with Gasteiger partial charge in [-0.1, -0.05) is 31.2 Å². The average Bonchev–Trinajstić information content (AvgIpc) is 3.70. The van der Waals surface area contributed by atoms with Crippen molar-refractivity contribution < 1.29 is 28.5 Å². The van der Waals surface area contributed by atoms with Crippen molar-refractivity contribution >= 4 is 12.0 Å². The fraction of sp³-hybridized carbons (Fsp3) is 0.371. The van der Waals surface area contributed by atoms with Gasteiger partial charge in [0.05, 0.1) is 18.2 Å². The first-order valence-electron chi connectivity index (χ1n) is 15.2. The number of carbonyl (C=O) groups excluding carboxylic acids is 1. The normalized spacial score (nSPS) is 26.1. The zero-order valence-electron chi connectivity index (χ0n) is 24.7. The van der Waals surface area contributed by atoms with E-state index in [0.29, 0.717) is 18.6 Å². The molecule has 0 unspecified atom stereocenters. The van der Waals surface area contributed by atoms with E-state index in [1.54, 1.807) is 6.08 Å². The van der Waals surface area contributed by atoms with Crippen molar-refractivity contribution in [3.05, 3.63) is 88.0 Å². The summed E-state index contributed by atoms with van der Waals surface area (Å²) in [6.07, 6.45) is 5.63. The molecule has 0 aliphatic carbocycles. The van der Waals surface area contributed by atoms with Crippen molar-refractivity contribution in [2.24, 2.45) is 0 Å². The lowest BCUT2D eigenvalue weighted by Gasteiger charge is -2.59. The summed E-state index contributed by atoms with van der Waals surface area (Å²) in [6.45, 7) is 2.60. The van der Waals surface area contributed by atoms with Gasteiger partial charge >= 0.3 is 5.97 Å². The second-order valence-electron chi connectivity index (χ2n) is 12.1. The molecule has 5 aliphatic heterocycles. The van der Waals surface area contributed by atoms with Gasteiger partial charge in [-0.3, -0.25) is 9.80 Å². The second kappa shape index (κ2) is 10.6. The Morgan fingerprint density at radius 2 is 1.55 bits per heavy atom. The summed E-state index contributed by atoms with van der Waals surface area (Å²) in [7, 11) is 2.12. The van der Waals surface area contributed by atoms with Gasteiger partial charge in [0.25, 0.3) is 0 Å². The Labute approximate surface area is 256 Å². The number of rotatable bonds is 5. The molecule has 5 aliphatic rings.